The lowest BCUT2D eigenvalue weighted by Gasteiger charge is -2.08. The average molecular weight is 144 g/mol. The van der Waals surface area contributed by atoms with Crippen molar-refractivity contribution in [3.8, 4) is 0 Å². The molecule has 0 aromatic carbocycles. The van der Waals surface area contributed by atoms with Crippen LogP contribution in [0.5, 0.6) is 0 Å². The molecule has 0 spiro atoms. The van der Waals surface area contributed by atoms with E-state index >= 15 is 0 Å². The Balaban J connectivity index is 3.62. The van der Waals surface area contributed by atoms with Gasteiger partial charge in [0.05, 0.1) is 6.04 Å². The third-order valence-electron chi connectivity index (χ3n) is 1.15. The number of rotatable bonds is 3. The second-order valence-corrected chi connectivity index (χ2v) is 1.87. The van der Waals surface area contributed by atoms with Gasteiger partial charge in [-0.1, -0.05) is 6.92 Å². The molecule has 2 N–H and O–H groups in total. The summed E-state index contributed by atoms with van der Waals surface area (Å²) >= 11 is 0. The molecule has 0 radical (unpaired) electrons. The number of urea groups is 1. The Morgan fingerprint density at radius 2 is 2.30 bits per heavy atom. The van der Waals surface area contributed by atoms with Crippen LogP contribution in [0, 0.1) is 0 Å². The maximum Gasteiger partial charge on any atom is 0.315 e. The van der Waals surface area contributed by atoms with E-state index in [1.54, 1.807) is 0 Å². The van der Waals surface area contributed by atoms with E-state index in [1.807, 2.05) is 6.92 Å². The van der Waals surface area contributed by atoms with Gasteiger partial charge in [0.15, 0.2) is 0 Å². The van der Waals surface area contributed by atoms with Gasteiger partial charge in [-0.3, -0.25) is 0 Å². The zero-order chi connectivity index (χ0) is 7.98. The van der Waals surface area contributed by atoms with Crippen LogP contribution in [0.2, 0.25) is 0 Å². The number of nitrogens with one attached hydrogen (secondary N) is 2. The minimum absolute atomic E-state index is 0.320. The lowest BCUT2D eigenvalue weighted by molar-refractivity contribution is -0.109. The van der Waals surface area contributed by atoms with E-state index in [-0.39, 0.29) is 12.1 Å². The van der Waals surface area contributed by atoms with Crippen LogP contribution in [0.1, 0.15) is 13.3 Å². The van der Waals surface area contributed by atoms with Crippen LogP contribution in [0.3, 0.4) is 0 Å². The molecule has 1 unspecified atom stereocenters. The minimum atomic E-state index is -0.361. The molecule has 0 aliphatic rings. The summed E-state index contributed by atoms with van der Waals surface area (Å²) in [6, 6.07) is -0.682. The molecule has 4 heteroatoms. The second kappa shape index (κ2) is 4.78. The number of hydrogen-bond acceptors (Lipinski definition) is 2. The molecule has 0 saturated carbocycles. The van der Waals surface area contributed by atoms with Crippen molar-refractivity contribution in [1.29, 1.82) is 0 Å². The fraction of sp³-hybridized carbons (Fsp3) is 0.667. The number of hydrogen-bond donors (Lipinski definition) is 2. The van der Waals surface area contributed by atoms with Crippen molar-refractivity contribution in [1.82, 2.24) is 10.6 Å². The normalized spacial score (nSPS) is 11.8. The van der Waals surface area contributed by atoms with Crippen LogP contribution in [-0.4, -0.2) is 25.4 Å². The Morgan fingerprint density at radius 3 is 2.60 bits per heavy atom. The van der Waals surface area contributed by atoms with E-state index in [1.165, 1.54) is 7.05 Å². The summed E-state index contributed by atoms with van der Waals surface area (Å²) in [5.41, 5.74) is 0. The molecule has 0 aromatic rings. The zero-order valence-corrected chi connectivity index (χ0v) is 6.18. The summed E-state index contributed by atoms with van der Waals surface area (Å²) in [5.74, 6) is 0. The SMILES string of the molecule is CCC(C=O)NC(=O)NC. The largest absolute Gasteiger partial charge is 0.341 e. The molecular weight excluding hydrogens is 132 g/mol. The number of aldehydes is 1. The molecule has 58 valence electrons. The fourth-order valence-corrected chi connectivity index (χ4v) is 0.473. The second-order valence-electron chi connectivity index (χ2n) is 1.87. The van der Waals surface area contributed by atoms with E-state index in [4.69, 9.17) is 0 Å². The zero-order valence-electron chi connectivity index (χ0n) is 6.18. The smallest absolute Gasteiger partial charge is 0.315 e. The van der Waals surface area contributed by atoms with E-state index in [9.17, 15) is 9.59 Å². The molecule has 2 amide bonds. The highest BCUT2D eigenvalue weighted by Gasteiger charge is 2.05. The molecule has 0 saturated heterocycles. The first-order valence-electron chi connectivity index (χ1n) is 3.18. The molecular formula is C6H12N2O2. The molecule has 0 heterocycles. The summed E-state index contributed by atoms with van der Waals surface area (Å²) in [7, 11) is 1.51. The molecule has 1 atom stereocenters. The number of amides is 2. The van der Waals surface area contributed by atoms with Gasteiger partial charge in [-0.25, -0.2) is 4.79 Å². The van der Waals surface area contributed by atoms with Crippen LogP contribution >= 0.6 is 0 Å². The maximum absolute atomic E-state index is 10.6. The molecule has 0 bridgehead atoms. The molecule has 4 nitrogen and oxygen atoms in total. The van der Waals surface area contributed by atoms with Gasteiger partial charge in [0.25, 0.3) is 0 Å². The van der Waals surface area contributed by atoms with Crippen molar-refractivity contribution >= 4 is 12.3 Å². The van der Waals surface area contributed by atoms with Crippen LogP contribution in [-0.2, 0) is 4.79 Å². The quantitative estimate of drug-likeness (QED) is 0.543. The van der Waals surface area contributed by atoms with Gasteiger partial charge < -0.3 is 15.4 Å². The summed E-state index contributed by atoms with van der Waals surface area (Å²) in [6.45, 7) is 1.83. The van der Waals surface area contributed by atoms with E-state index in [2.05, 4.69) is 10.6 Å². The van der Waals surface area contributed by atoms with Gasteiger partial charge in [0.1, 0.15) is 6.29 Å². The minimum Gasteiger partial charge on any atom is -0.341 e. The van der Waals surface area contributed by atoms with Crippen molar-refractivity contribution in [3.63, 3.8) is 0 Å². The Bertz CT molecular complexity index is 125. The van der Waals surface area contributed by atoms with Crippen LogP contribution in [0.25, 0.3) is 0 Å². The lowest BCUT2D eigenvalue weighted by Crippen LogP contribution is -2.40. The molecule has 0 fully saturated rings. The first kappa shape index (κ1) is 8.94. The van der Waals surface area contributed by atoms with E-state index in [0.29, 0.717) is 6.42 Å². The monoisotopic (exact) mass is 144 g/mol. The molecule has 0 aliphatic heterocycles. The van der Waals surface area contributed by atoms with Gasteiger partial charge in [0.2, 0.25) is 0 Å². The van der Waals surface area contributed by atoms with Gasteiger partial charge in [-0.15, -0.1) is 0 Å². The summed E-state index contributed by atoms with van der Waals surface area (Å²) in [4.78, 5) is 20.7. The average Bonchev–Trinajstić information content (AvgIpc) is 1.99. The van der Waals surface area contributed by atoms with Crippen molar-refractivity contribution < 1.29 is 9.59 Å². The molecule has 0 aromatic heterocycles. The molecule has 0 rings (SSSR count). The Hall–Kier alpha value is -1.06. The topological polar surface area (TPSA) is 58.2 Å². The predicted octanol–water partition coefficient (Wildman–Crippen LogP) is -0.107. The Morgan fingerprint density at radius 1 is 1.70 bits per heavy atom. The maximum atomic E-state index is 10.6. The highest BCUT2D eigenvalue weighted by molar-refractivity contribution is 5.77. The highest BCUT2D eigenvalue weighted by Crippen LogP contribution is 1.83. The first-order valence-corrected chi connectivity index (χ1v) is 3.18. The van der Waals surface area contributed by atoms with Gasteiger partial charge >= 0.3 is 6.03 Å². The van der Waals surface area contributed by atoms with Crippen LogP contribution in [0.4, 0.5) is 4.79 Å². The predicted molar refractivity (Wildman–Crippen MR) is 37.7 cm³/mol. The van der Waals surface area contributed by atoms with Gasteiger partial charge in [0, 0.05) is 7.05 Å². The summed E-state index contributed by atoms with van der Waals surface area (Å²) in [6.07, 6.45) is 1.34. The van der Waals surface area contributed by atoms with Crippen LogP contribution in [0.15, 0.2) is 0 Å². The highest BCUT2D eigenvalue weighted by atomic mass is 16.2. The van der Waals surface area contributed by atoms with Crippen molar-refractivity contribution in [2.45, 2.75) is 19.4 Å². The van der Waals surface area contributed by atoms with Gasteiger partial charge in [-0.05, 0) is 6.42 Å². The molecule has 10 heavy (non-hydrogen) atoms. The van der Waals surface area contributed by atoms with Crippen molar-refractivity contribution in [2.24, 2.45) is 0 Å². The van der Waals surface area contributed by atoms with Gasteiger partial charge in [-0.2, -0.15) is 0 Å². The van der Waals surface area contributed by atoms with Crippen molar-refractivity contribution in [3.05, 3.63) is 0 Å². The Labute approximate surface area is 60.0 Å². The third-order valence-corrected chi connectivity index (χ3v) is 1.15. The van der Waals surface area contributed by atoms with E-state index in [0.717, 1.165) is 6.29 Å². The van der Waals surface area contributed by atoms with Crippen molar-refractivity contribution in [2.75, 3.05) is 7.05 Å². The standard InChI is InChI=1S/C6H12N2O2/c1-3-5(4-9)8-6(10)7-2/h4-5H,3H2,1-2H3,(H2,7,8,10). The summed E-state index contributed by atoms with van der Waals surface area (Å²) < 4.78 is 0. The number of carbonyl (C=O) groups is 2. The number of carbonyl (C=O) groups excluding carboxylic acids is 2. The fourth-order valence-electron chi connectivity index (χ4n) is 0.473. The molecule has 0 aliphatic carbocycles. The third kappa shape index (κ3) is 3.06. The van der Waals surface area contributed by atoms with Crippen LogP contribution < -0.4 is 10.6 Å². The van der Waals surface area contributed by atoms with E-state index < -0.39 is 0 Å². The first-order chi connectivity index (χ1) is 4.74. The lowest BCUT2D eigenvalue weighted by atomic mass is 10.2. The Kier molecular flexibility index (Phi) is 4.28. The summed E-state index contributed by atoms with van der Waals surface area (Å²) in [5, 5.41) is 4.80.